The first kappa shape index (κ1) is 21.1. The first-order chi connectivity index (χ1) is 13.6. The van der Waals surface area contributed by atoms with Crippen molar-refractivity contribution >= 4 is 11.8 Å². The highest BCUT2D eigenvalue weighted by Crippen LogP contribution is 2.22. The molecule has 1 aliphatic rings. The van der Waals surface area contributed by atoms with Crippen LogP contribution in [0.4, 0.5) is 4.39 Å². The Kier molecular flexibility index (Phi) is 7.73. The molecule has 0 bridgehead atoms. The van der Waals surface area contributed by atoms with Gasteiger partial charge in [-0.15, -0.1) is 11.8 Å². The molecule has 1 aliphatic heterocycles. The van der Waals surface area contributed by atoms with Gasteiger partial charge >= 0.3 is 0 Å². The average molecular weight is 405 g/mol. The Balaban J connectivity index is 1.63. The summed E-state index contributed by atoms with van der Waals surface area (Å²) in [5, 5.41) is 9.52. The fourth-order valence-electron chi connectivity index (χ4n) is 3.72. The van der Waals surface area contributed by atoms with Crippen molar-refractivity contribution in [1.82, 2.24) is 9.80 Å². The van der Waals surface area contributed by atoms with Gasteiger partial charge in [0.25, 0.3) is 0 Å². The van der Waals surface area contributed by atoms with E-state index in [9.17, 15) is 9.50 Å². The minimum Gasteiger partial charge on any atom is -0.497 e. The number of methoxy groups -OCH3 is 1. The standard InChI is InChI=1S/C22H29FN2O2S/c1-27-20-6-5-18(22(23)13-20)15-25-11-10-24(16-19(25)9-12-26)14-17-3-7-21(28-2)8-4-17/h3-8,13,19,26H,9-12,14-16H2,1-2H3. The molecule has 1 unspecified atom stereocenters. The number of benzene rings is 2. The largest absolute Gasteiger partial charge is 0.497 e. The minimum atomic E-state index is -0.238. The van der Waals surface area contributed by atoms with E-state index < -0.39 is 0 Å². The molecule has 6 heteroatoms. The topological polar surface area (TPSA) is 35.9 Å². The molecule has 0 radical (unpaired) electrons. The second kappa shape index (κ2) is 10.3. The highest BCUT2D eigenvalue weighted by molar-refractivity contribution is 7.98. The Morgan fingerprint density at radius 1 is 1.14 bits per heavy atom. The van der Waals surface area contributed by atoms with Crippen molar-refractivity contribution in [1.29, 1.82) is 0 Å². The zero-order valence-electron chi connectivity index (χ0n) is 16.6. The molecular formula is C22H29FN2O2S. The zero-order chi connectivity index (χ0) is 19.9. The van der Waals surface area contributed by atoms with Crippen LogP contribution in [0.2, 0.25) is 0 Å². The molecule has 0 saturated carbocycles. The molecule has 28 heavy (non-hydrogen) atoms. The van der Waals surface area contributed by atoms with Gasteiger partial charge < -0.3 is 9.84 Å². The molecule has 2 aromatic carbocycles. The van der Waals surface area contributed by atoms with E-state index in [2.05, 4.69) is 40.3 Å². The maximum atomic E-state index is 14.4. The SMILES string of the molecule is COc1ccc(CN2CCN(Cc3ccc(SC)cc3)CC2CCO)c(F)c1. The number of halogens is 1. The van der Waals surface area contributed by atoms with Gasteiger partial charge in [0.15, 0.2) is 0 Å². The van der Waals surface area contributed by atoms with E-state index in [-0.39, 0.29) is 18.5 Å². The first-order valence-electron chi connectivity index (χ1n) is 9.65. The maximum Gasteiger partial charge on any atom is 0.131 e. The van der Waals surface area contributed by atoms with Crippen LogP contribution in [0.25, 0.3) is 0 Å². The summed E-state index contributed by atoms with van der Waals surface area (Å²) in [5.74, 6) is 0.295. The fourth-order valence-corrected chi connectivity index (χ4v) is 4.13. The number of aliphatic hydroxyl groups excluding tert-OH is 1. The van der Waals surface area contributed by atoms with Gasteiger partial charge in [0.1, 0.15) is 11.6 Å². The summed E-state index contributed by atoms with van der Waals surface area (Å²) in [6.45, 7) is 4.27. The molecule has 0 aliphatic carbocycles. The molecule has 3 rings (SSSR count). The smallest absolute Gasteiger partial charge is 0.131 e. The predicted molar refractivity (Wildman–Crippen MR) is 112 cm³/mol. The van der Waals surface area contributed by atoms with E-state index in [1.807, 2.05) is 0 Å². The number of aliphatic hydroxyl groups is 1. The highest BCUT2D eigenvalue weighted by Gasteiger charge is 2.27. The quantitative estimate of drug-likeness (QED) is 0.680. The van der Waals surface area contributed by atoms with Crippen LogP contribution in [0, 0.1) is 5.82 Å². The lowest BCUT2D eigenvalue weighted by Crippen LogP contribution is -2.52. The second-order valence-corrected chi connectivity index (χ2v) is 8.06. The van der Waals surface area contributed by atoms with Crippen LogP contribution in [-0.4, -0.2) is 60.6 Å². The molecule has 0 aromatic heterocycles. The lowest BCUT2D eigenvalue weighted by atomic mass is 10.1. The highest BCUT2D eigenvalue weighted by atomic mass is 32.2. The van der Waals surface area contributed by atoms with Crippen LogP contribution in [0.15, 0.2) is 47.4 Å². The number of nitrogens with zero attached hydrogens (tertiary/aromatic N) is 2. The molecule has 1 fully saturated rings. The summed E-state index contributed by atoms with van der Waals surface area (Å²) in [5.41, 5.74) is 1.97. The van der Waals surface area contributed by atoms with Gasteiger partial charge in [-0.05, 0) is 36.4 Å². The van der Waals surface area contributed by atoms with Crippen LogP contribution >= 0.6 is 11.8 Å². The summed E-state index contributed by atoms with van der Waals surface area (Å²) in [6, 6.07) is 13.9. The minimum absolute atomic E-state index is 0.141. The van der Waals surface area contributed by atoms with E-state index >= 15 is 0 Å². The van der Waals surface area contributed by atoms with Crippen molar-refractivity contribution in [3.05, 3.63) is 59.4 Å². The Labute approximate surface area is 171 Å². The lowest BCUT2D eigenvalue weighted by Gasteiger charge is -2.41. The van der Waals surface area contributed by atoms with E-state index in [1.54, 1.807) is 31.0 Å². The molecule has 152 valence electrons. The molecule has 1 heterocycles. The second-order valence-electron chi connectivity index (χ2n) is 7.18. The third kappa shape index (κ3) is 5.47. The molecule has 2 aromatic rings. The van der Waals surface area contributed by atoms with Crippen molar-refractivity contribution in [3.63, 3.8) is 0 Å². The molecule has 1 atom stereocenters. The van der Waals surface area contributed by atoms with E-state index in [4.69, 9.17) is 4.74 Å². The van der Waals surface area contributed by atoms with Gasteiger partial charge in [0.2, 0.25) is 0 Å². The fraction of sp³-hybridized carbons (Fsp3) is 0.455. The van der Waals surface area contributed by atoms with Crippen molar-refractivity contribution in [3.8, 4) is 5.75 Å². The first-order valence-corrected chi connectivity index (χ1v) is 10.9. The average Bonchev–Trinajstić information content (AvgIpc) is 2.72. The van der Waals surface area contributed by atoms with Crippen LogP contribution in [0.5, 0.6) is 5.75 Å². The number of hydrogen-bond donors (Lipinski definition) is 1. The molecule has 0 amide bonds. The van der Waals surface area contributed by atoms with Crippen molar-refractivity contribution < 1.29 is 14.2 Å². The summed E-state index contributed by atoms with van der Waals surface area (Å²) >= 11 is 1.75. The number of ether oxygens (including phenoxy) is 1. The van der Waals surface area contributed by atoms with Crippen LogP contribution in [0.3, 0.4) is 0 Å². The molecule has 0 spiro atoms. The molecule has 4 nitrogen and oxygen atoms in total. The Bertz CT molecular complexity index is 757. The molecule has 1 saturated heterocycles. The lowest BCUT2D eigenvalue weighted by molar-refractivity contribution is 0.0493. The van der Waals surface area contributed by atoms with Gasteiger partial charge in [-0.2, -0.15) is 0 Å². The summed E-state index contributed by atoms with van der Waals surface area (Å²) in [7, 11) is 1.54. The van der Waals surface area contributed by atoms with Gasteiger partial charge in [0.05, 0.1) is 7.11 Å². The summed E-state index contributed by atoms with van der Waals surface area (Å²) in [6.07, 6.45) is 2.78. The normalized spacial score (nSPS) is 18.4. The number of hydrogen-bond acceptors (Lipinski definition) is 5. The van der Waals surface area contributed by atoms with Crippen LogP contribution in [0.1, 0.15) is 17.5 Å². The summed E-state index contributed by atoms with van der Waals surface area (Å²) in [4.78, 5) is 5.98. The zero-order valence-corrected chi connectivity index (χ0v) is 17.4. The van der Waals surface area contributed by atoms with Crippen LogP contribution in [-0.2, 0) is 13.1 Å². The van der Waals surface area contributed by atoms with Gasteiger partial charge in [-0.1, -0.05) is 18.2 Å². The predicted octanol–water partition coefficient (Wildman–Crippen LogP) is 3.63. The monoisotopic (exact) mass is 404 g/mol. The van der Waals surface area contributed by atoms with Crippen molar-refractivity contribution in [2.75, 3.05) is 39.6 Å². The van der Waals surface area contributed by atoms with Crippen molar-refractivity contribution in [2.45, 2.75) is 30.4 Å². The Morgan fingerprint density at radius 2 is 1.93 bits per heavy atom. The van der Waals surface area contributed by atoms with Crippen molar-refractivity contribution in [2.24, 2.45) is 0 Å². The summed E-state index contributed by atoms with van der Waals surface area (Å²) < 4.78 is 19.5. The number of piperazine rings is 1. The Morgan fingerprint density at radius 3 is 2.57 bits per heavy atom. The van der Waals surface area contributed by atoms with E-state index in [1.165, 1.54) is 16.5 Å². The third-order valence-electron chi connectivity index (χ3n) is 5.35. The maximum absolute atomic E-state index is 14.4. The van der Waals surface area contributed by atoms with E-state index in [0.717, 1.165) is 26.2 Å². The van der Waals surface area contributed by atoms with Gasteiger partial charge in [-0.3, -0.25) is 9.80 Å². The molecule has 1 N–H and O–H groups in total. The number of rotatable bonds is 8. The van der Waals surface area contributed by atoms with Gasteiger partial charge in [-0.25, -0.2) is 4.39 Å². The Hall–Kier alpha value is -1.60. The van der Waals surface area contributed by atoms with E-state index in [0.29, 0.717) is 24.3 Å². The number of thioether (sulfide) groups is 1. The van der Waals surface area contributed by atoms with Gasteiger partial charge in [0, 0.05) is 61.9 Å². The molecular weight excluding hydrogens is 375 g/mol. The van der Waals surface area contributed by atoms with Crippen LogP contribution < -0.4 is 4.74 Å². The third-order valence-corrected chi connectivity index (χ3v) is 6.09.